The molecule has 0 aromatic carbocycles. The van der Waals surface area contributed by atoms with Crippen molar-refractivity contribution in [3.8, 4) is 0 Å². The average molecular weight is 172 g/mol. The molecule has 1 atom stereocenters. The van der Waals surface area contributed by atoms with Crippen molar-refractivity contribution in [3.63, 3.8) is 0 Å². The smallest absolute Gasteiger partial charge is 0.0192 e. The second-order valence-electron chi connectivity index (χ2n) is 3.43. The minimum atomic E-state index is 0.673. The van der Waals surface area contributed by atoms with Crippen LogP contribution < -0.4 is 5.32 Å². The van der Waals surface area contributed by atoms with Gasteiger partial charge in [0.2, 0.25) is 0 Å². The van der Waals surface area contributed by atoms with Crippen LogP contribution in [0.4, 0.5) is 0 Å². The molecule has 1 N–H and O–H groups in total. The first kappa shape index (κ1) is 11.9. The van der Waals surface area contributed by atoms with Gasteiger partial charge in [0.1, 0.15) is 0 Å². The van der Waals surface area contributed by atoms with Gasteiger partial charge in [0.15, 0.2) is 0 Å². The van der Waals surface area contributed by atoms with Gasteiger partial charge in [-0.3, -0.25) is 0 Å². The molecule has 0 fully saturated rings. The predicted molar refractivity (Wildman–Crippen MR) is 55.5 cm³/mol. The van der Waals surface area contributed by atoms with Gasteiger partial charge in [-0.1, -0.05) is 20.8 Å². The fourth-order valence-electron chi connectivity index (χ4n) is 1.48. The van der Waals surface area contributed by atoms with E-state index in [9.17, 15) is 0 Å². The highest BCUT2D eigenvalue weighted by atomic mass is 15.1. The predicted octanol–water partition coefficient (Wildman–Crippen LogP) is 1.72. The van der Waals surface area contributed by atoms with E-state index in [4.69, 9.17) is 0 Å². The zero-order valence-electron chi connectivity index (χ0n) is 9.06. The maximum absolute atomic E-state index is 3.48. The highest BCUT2D eigenvalue weighted by molar-refractivity contribution is 4.67. The first-order chi connectivity index (χ1) is 5.74. The van der Waals surface area contributed by atoms with Crippen LogP contribution in [0.5, 0.6) is 0 Å². The zero-order valence-corrected chi connectivity index (χ0v) is 9.06. The molecule has 12 heavy (non-hydrogen) atoms. The highest BCUT2D eigenvalue weighted by Crippen LogP contribution is 1.95. The van der Waals surface area contributed by atoms with E-state index in [1.807, 2.05) is 0 Å². The monoisotopic (exact) mass is 172 g/mol. The summed E-state index contributed by atoms with van der Waals surface area (Å²) in [5, 5.41) is 3.48. The Hall–Kier alpha value is -0.0800. The Morgan fingerprint density at radius 2 is 1.92 bits per heavy atom. The summed E-state index contributed by atoms with van der Waals surface area (Å²) in [5.74, 6) is 0. The van der Waals surface area contributed by atoms with E-state index in [-0.39, 0.29) is 0 Å². The van der Waals surface area contributed by atoms with Crippen LogP contribution in [-0.2, 0) is 0 Å². The van der Waals surface area contributed by atoms with Crippen LogP contribution in [0.1, 0.15) is 33.6 Å². The molecule has 0 bridgehead atoms. The molecular weight excluding hydrogens is 148 g/mol. The minimum Gasteiger partial charge on any atom is -0.313 e. The van der Waals surface area contributed by atoms with Crippen LogP contribution in [-0.4, -0.2) is 37.6 Å². The average Bonchev–Trinajstić information content (AvgIpc) is 2.04. The number of hydrogen-bond acceptors (Lipinski definition) is 2. The van der Waals surface area contributed by atoms with E-state index in [2.05, 4.69) is 38.0 Å². The molecule has 2 nitrogen and oxygen atoms in total. The maximum Gasteiger partial charge on any atom is 0.0192 e. The number of likely N-dealkylation sites (N-methyl/N-ethyl adjacent to an activating group) is 2. The lowest BCUT2D eigenvalue weighted by Crippen LogP contribution is -2.39. The van der Waals surface area contributed by atoms with Gasteiger partial charge in [-0.05, 0) is 33.0 Å². The van der Waals surface area contributed by atoms with Crippen LogP contribution in [0, 0.1) is 0 Å². The molecule has 0 aromatic heterocycles. The molecule has 0 spiro atoms. The summed E-state index contributed by atoms with van der Waals surface area (Å²) in [6, 6.07) is 0.673. The Bertz CT molecular complexity index is 93.8. The summed E-state index contributed by atoms with van der Waals surface area (Å²) in [7, 11) is 2.20. The summed E-state index contributed by atoms with van der Waals surface area (Å²) in [6.07, 6.45) is 2.47. The normalized spacial score (nSPS) is 13.8. The van der Waals surface area contributed by atoms with Crippen molar-refractivity contribution in [2.45, 2.75) is 39.7 Å². The van der Waals surface area contributed by atoms with Crippen molar-refractivity contribution in [2.75, 3.05) is 26.7 Å². The first-order valence-electron chi connectivity index (χ1n) is 5.16. The maximum atomic E-state index is 3.48. The molecular formula is C10H24N2. The molecule has 0 aliphatic rings. The van der Waals surface area contributed by atoms with Crippen molar-refractivity contribution in [2.24, 2.45) is 0 Å². The quantitative estimate of drug-likeness (QED) is 0.629. The molecule has 2 heteroatoms. The molecule has 0 aromatic rings. The van der Waals surface area contributed by atoms with Crippen LogP contribution in [0.2, 0.25) is 0 Å². The van der Waals surface area contributed by atoms with Crippen LogP contribution >= 0.6 is 0 Å². The second-order valence-corrected chi connectivity index (χ2v) is 3.43. The number of hydrogen-bond donors (Lipinski definition) is 1. The Kier molecular flexibility index (Phi) is 7.51. The van der Waals surface area contributed by atoms with Gasteiger partial charge in [0, 0.05) is 12.6 Å². The van der Waals surface area contributed by atoms with Crippen molar-refractivity contribution < 1.29 is 0 Å². The molecule has 0 radical (unpaired) electrons. The lowest BCUT2D eigenvalue weighted by molar-refractivity contribution is 0.286. The third-order valence-electron chi connectivity index (χ3n) is 2.12. The second kappa shape index (κ2) is 7.56. The molecule has 0 heterocycles. The summed E-state index contributed by atoms with van der Waals surface area (Å²) in [4.78, 5) is 2.40. The summed E-state index contributed by atoms with van der Waals surface area (Å²) >= 11 is 0. The number of rotatable bonds is 7. The standard InChI is InChI=1S/C10H24N2/c1-5-8-12(4)9-10(6-2)11-7-3/h10-11H,5-9H2,1-4H3. The summed E-state index contributed by atoms with van der Waals surface area (Å²) in [6.45, 7) is 10.1. The third-order valence-corrected chi connectivity index (χ3v) is 2.12. The first-order valence-corrected chi connectivity index (χ1v) is 5.16. The van der Waals surface area contributed by atoms with Gasteiger partial charge in [-0.15, -0.1) is 0 Å². The Balaban J connectivity index is 3.53. The Morgan fingerprint density at radius 3 is 2.33 bits per heavy atom. The highest BCUT2D eigenvalue weighted by Gasteiger charge is 2.06. The topological polar surface area (TPSA) is 15.3 Å². The van der Waals surface area contributed by atoms with Gasteiger partial charge < -0.3 is 10.2 Å². The van der Waals surface area contributed by atoms with Crippen molar-refractivity contribution in [3.05, 3.63) is 0 Å². The largest absolute Gasteiger partial charge is 0.313 e. The fraction of sp³-hybridized carbons (Fsp3) is 1.00. The molecule has 0 amide bonds. The third kappa shape index (κ3) is 5.56. The van der Waals surface area contributed by atoms with E-state index in [1.165, 1.54) is 25.9 Å². The van der Waals surface area contributed by atoms with E-state index < -0.39 is 0 Å². The van der Waals surface area contributed by atoms with Gasteiger partial charge in [0.25, 0.3) is 0 Å². The molecule has 0 aliphatic heterocycles. The van der Waals surface area contributed by atoms with Gasteiger partial charge in [-0.25, -0.2) is 0 Å². The van der Waals surface area contributed by atoms with Gasteiger partial charge >= 0.3 is 0 Å². The summed E-state index contributed by atoms with van der Waals surface area (Å²) in [5.41, 5.74) is 0. The molecule has 1 unspecified atom stereocenters. The Labute approximate surface area is 77.3 Å². The molecule has 0 saturated carbocycles. The molecule has 0 saturated heterocycles. The van der Waals surface area contributed by atoms with E-state index in [1.54, 1.807) is 0 Å². The van der Waals surface area contributed by atoms with E-state index in [0.717, 1.165) is 6.54 Å². The number of nitrogens with one attached hydrogen (secondary N) is 1. The lowest BCUT2D eigenvalue weighted by atomic mass is 10.2. The van der Waals surface area contributed by atoms with Crippen LogP contribution in [0.3, 0.4) is 0 Å². The fourth-order valence-corrected chi connectivity index (χ4v) is 1.48. The lowest BCUT2D eigenvalue weighted by Gasteiger charge is -2.23. The van der Waals surface area contributed by atoms with Gasteiger partial charge in [0.05, 0.1) is 0 Å². The zero-order chi connectivity index (χ0) is 9.40. The molecule has 0 rings (SSSR count). The van der Waals surface area contributed by atoms with E-state index >= 15 is 0 Å². The molecule has 0 aliphatic carbocycles. The minimum absolute atomic E-state index is 0.673. The van der Waals surface area contributed by atoms with Crippen LogP contribution in [0.15, 0.2) is 0 Å². The van der Waals surface area contributed by atoms with Crippen molar-refractivity contribution >= 4 is 0 Å². The molecule has 74 valence electrons. The summed E-state index contributed by atoms with van der Waals surface area (Å²) < 4.78 is 0. The van der Waals surface area contributed by atoms with Crippen molar-refractivity contribution in [1.29, 1.82) is 0 Å². The van der Waals surface area contributed by atoms with Crippen LogP contribution in [0.25, 0.3) is 0 Å². The Morgan fingerprint density at radius 1 is 1.25 bits per heavy atom. The van der Waals surface area contributed by atoms with E-state index in [0.29, 0.717) is 6.04 Å². The SMILES string of the molecule is CCCN(C)CC(CC)NCC. The van der Waals surface area contributed by atoms with Gasteiger partial charge in [-0.2, -0.15) is 0 Å². The van der Waals surface area contributed by atoms with Crippen molar-refractivity contribution in [1.82, 2.24) is 10.2 Å². The number of nitrogens with zero attached hydrogens (tertiary/aromatic N) is 1.